The molecule has 1 saturated heterocycles. The molecule has 10 heteroatoms. The molecular formula is C28H31N8O2+. The van der Waals surface area contributed by atoms with E-state index in [1.54, 1.807) is 7.11 Å². The summed E-state index contributed by atoms with van der Waals surface area (Å²) in [6, 6.07) is 15.8. The van der Waals surface area contributed by atoms with Gasteiger partial charge in [0.05, 0.1) is 37.3 Å². The predicted molar refractivity (Wildman–Crippen MR) is 147 cm³/mol. The first-order valence-corrected chi connectivity index (χ1v) is 13.0. The number of hydrogen-bond acceptors (Lipinski definition) is 6. The van der Waals surface area contributed by atoms with E-state index in [1.165, 1.54) is 6.33 Å². The molecule has 1 aliphatic heterocycles. The minimum atomic E-state index is -0.199. The largest absolute Gasteiger partial charge is 0.495 e. The number of benzene rings is 2. The SMILES string of the molecule is CCn1c(C(=O)Nc2ccc(-c3nn(C4CC[NH2+]CC4)c4ncnc(N)c34)cc2OC)cc2ccccc21. The molecule has 0 saturated carbocycles. The number of hydrogen-bond donors (Lipinski definition) is 3. The lowest BCUT2D eigenvalue weighted by Gasteiger charge is -2.21. The summed E-state index contributed by atoms with van der Waals surface area (Å²) in [5, 5.41) is 12.1. The summed E-state index contributed by atoms with van der Waals surface area (Å²) in [5.41, 5.74) is 10.8. The normalized spacial score (nSPS) is 14.3. The van der Waals surface area contributed by atoms with Gasteiger partial charge in [-0.3, -0.25) is 4.79 Å². The number of ether oxygens (including phenoxy) is 1. The zero-order chi connectivity index (χ0) is 26.2. The summed E-state index contributed by atoms with van der Waals surface area (Å²) in [6.07, 6.45) is 3.52. The standard InChI is InChI=1S/C28H30N8O2/c1-3-35-21-7-5-4-6-17(21)14-22(35)28(37)33-20-9-8-18(15-23(20)38-2)25-24-26(29)31-16-32-27(24)36(34-25)19-10-12-30-13-11-19/h4-9,14-16,19,30H,3,10-13H2,1-2H3,(H,33,37)(H2,29,31,32)/p+1. The lowest BCUT2D eigenvalue weighted by atomic mass is 10.1. The lowest BCUT2D eigenvalue weighted by molar-refractivity contribution is -0.664. The first kappa shape index (κ1) is 23.9. The van der Waals surface area contributed by atoms with E-state index in [1.807, 2.05) is 64.7 Å². The highest BCUT2D eigenvalue weighted by molar-refractivity contribution is 6.07. The molecule has 6 rings (SSSR count). The second-order valence-corrected chi connectivity index (χ2v) is 9.55. The van der Waals surface area contributed by atoms with Crippen LogP contribution in [0.4, 0.5) is 11.5 Å². The van der Waals surface area contributed by atoms with Crippen molar-refractivity contribution in [1.29, 1.82) is 0 Å². The molecule has 0 unspecified atom stereocenters. The summed E-state index contributed by atoms with van der Waals surface area (Å²) < 4.78 is 9.71. The number of aryl methyl sites for hydroxylation is 1. The Morgan fingerprint density at radius 3 is 2.76 bits per heavy atom. The molecule has 2 aromatic carbocycles. The van der Waals surface area contributed by atoms with Crippen molar-refractivity contribution in [3.63, 3.8) is 0 Å². The molecule has 0 atom stereocenters. The number of aromatic nitrogens is 5. The van der Waals surface area contributed by atoms with Crippen molar-refractivity contribution >= 4 is 39.3 Å². The zero-order valence-electron chi connectivity index (χ0n) is 21.5. The fraction of sp³-hybridized carbons (Fsp3) is 0.286. The van der Waals surface area contributed by atoms with Crippen molar-refractivity contribution in [3.8, 4) is 17.0 Å². The number of nitrogens with two attached hydrogens (primary N) is 2. The summed E-state index contributed by atoms with van der Waals surface area (Å²) in [7, 11) is 1.59. The Morgan fingerprint density at radius 1 is 1.16 bits per heavy atom. The second-order valence-electron chi connectivity index (χ2n) is 9.55. The first-order valence-electron chi connectivity index (χ1n) is 13.0. The van der Waals surface area contributed by atoms with Crippen LogP contribution in [-0.4, -0.2) is 50.4 Å². The highest BCUT2D eigenvalue weighted by atomic mass is 16.5. The number of quaternary nitrogens is 1. The quantitative estimate of drug-likeness (QED) is 0.321. The van der Waals surface area contributed by atoms with E-state index in [4.69, 9.17) is 15.6 Å². The predicted octanol–water partition coefficient (Wildman–Crippen LogP) is 3.21. The molecule has 4 heterocycles. The van der Waals surface area contributed by atoms with Crippen molar-refractivity contribution < 1.29 is 14.8 Å². The number of carbonyl (C=O) groups is 1. The minimum Gasteiger partial charge on any atom is -0.495 e. The lowest BCUT2D eigenvalue weighted by Crippen LogP contribution is -2.86. The van der Waals surface area contributed by atoms with E-state index in [9.17, 15) is 4.79 Å². The Balaban J connectivity index is 1.37. The summed E-state index contributed by atoms with van der Waals surface area (Å²) >= 11 is 0. The van der Waals surface area contributed by atoms with Crippen LogP contribution in [-0.2, 0) is 6.54 Å². The maximum Gasteiger partial charge on any atom is 0.272 e. The van der Waals surface area contributed by atoms with Crippen molar-refractivity contribution in [3.05, 3.63) is 60.6 Å². The number of rotatable bonds is 6. The molecule has 1 amide bonds. The van der Waals surface area contributed by atoms with Gasteiger partial charge in [0.15, 0.2) is 5.65 Å². The number of para-hydroxylation sites is 1. The first-order chi connectivity index (χ1) is 18.6. The van der Waals surface area contributed by atoms with Gasteiger partial charge in [0.1, 0.15) is 29.3 Å². The van der Waals surface area contributed by atoms with Gasteiger partial charge in [0.2, 0.25) is 0 Å². The third kappa shape index (κ3) is 4.03. The highest BCUT2D eigenvalue weighted by Gasteiger charge is 2.25. The van der Waals surface area contributed by atoms with Crippen LogP contribution in [0.1, 0.15) is 36.3 Å². The number of fused-ring (bicyclic) bond motifs is 2. The number of carbonyl (C=O) groups excluding carboxylic acids is 1. The van der Waals surface area contributed by atoms with E-state index < -0.39 is 0 Å². The van der Waals surface area contributed by atoms with Gasteiger partial charge >= 0.3 is 0 Å². The highest BCUT2D eigenvalue weighted by Crippen LogP contribution is 2.37. The zero-order valence-corrected chi connectivity index (χ0v) is 21.5. The van der Waals surface area contributed by atoms with Gasteiger partial charge in [-0.2, -0.15) is 5.10 Å². The Morgan fingerprint density at radius 2 is 1.97 bits per heavy atom. The molecule has 0 aliphatic carbocycles. The van der Waals surface area contributed by atoms with Gasteiger partial charge in [-0.05, 0) is 31.2 Å². The summed E-state index contributed by atoms with van der Waals surface area (Å²) in [6.45, 7) is 4.83. The van der Waals surface area contributed by atoms with Crippen molar-refractivity contribution in [2.75, 3.05) is 31.2 Å². The molecular weight excluding hydrogens is 480 g/mol. The summed E-state index contributed by atoms with van der Waals surface area (Å²) in [5.74, 6) is 0.721. The Bertz CT molecular complexity index is 1650. The number of amides is 1. The van der Waals surface area contributed by atoms with Crippen molar-refractivity contribution in [2.24, 2.45) is 0 Å². The monoisotopic (exact) mass is 511 g/mol. The van der Waals surface area contributed by atoms with Gasteiger partial charge in [-0.1, -0.05) is 24.3 Å². The molecule has 5 aromatic rings. The maximum atomic E-state index is 13.3. The maximum absolute atomic E-state index is 13.3. The third-order valence-corrected chi connectivity index (χ3v) is 7.35. The Hall–Kier alpha value is -4.44. The van der Waals surface area contributed by atoms with Crippen LogP contribution < -0.4 is 21.1 Å². The molecule has 1 aliphatic rings. The molecule has 1 fully saturated rings. The molecule has 0 bridgehead atoms. The minimum absolute atomic E-state index is 0.199. The van der Waals surface area contributed by atoms with E-state index in [0.29, 0.717) is 35.2 Å². The van der Waals surface area contributed by atoms with Crippen LogP contribution >= 0.6 is 0 Å². The van der Waals surface area contributed by atoms with E-state index in [-0.39, 0.29) is 11.9 Å². The molecule has 38 heavy (non-hydrogen) atoms. The molecule has 5 N–H and O–H groups in total. The van der Waals surface area contributed by atoms with Crippen LogP contribution in [0.25, 0.3) is 33.2 Å². The Labute approximate surface area is 219 Å². The molecule has 3 aromatic heterocycles. The van der Waals surface area contributed by atoms with Crippen LogP contribution in [0, 0.1) is 0 Å². The number of piperidine rings is 1. The number of nitrogen functional groups attached to an aromatic ring is 1. The Kier molecular flexibility index (Phi) is 6.16. The van der Waals surface area contributed by atoms with Gasteiger partial charge in [0, 0.05) is 35.9 Å². The van der Waals surface area contributed by atoms with Crippen LogP contribution in [0.2, 0.25) is 0 Å². The third-order valence-electron chi connectivity index (χ3n) is 7.35. The number of anilines is 2. The van der Waals surface area contributed by atoms with E-state index in [0.717, 1.165) is 53.4 Å². The fourth-order valence-electron chi connectivity index (χ4n) is 5.47. The second kappa shape index (κ2) is 9.79. The number of methoxy groups -OCH3 is 1. The molecule has 10 nitrogen and oxygen atoms in total. The molecule has 0 radical (unpaired) electrons. The average molecular weight is 512 g/mol. The van der Waals surface area contributed by atoms with Crippen LogP contribution in [0.15, 0.2) is 54.9 Å². The van der Waals surface area contributed by atoms with Gasteiger partial charge < -0.3 is 25.7 Å². The summed E-state index contributed by atoms with van der Waals surface area (Å²) in [4.78, 5) is 22.1. The van der Waals surface area contributed by atoms with Crippen LogP contribution in [0.3, 0.4) is 0 Å². The smallest absolute Gasteiger partial charge is 0.272 e. The van der Waals surface area contributed by atoms with Gasteiger partial charge in [-0.15, -0.1) is 0 Å². The van der Waals surface area contributed by atoms with E-state index in [2.05, 4.69) is 20.6 Å². The fourth-order valence-corrected chi connectivity index (χ4v) is 5.47. The van der Waals surface area contributed by atoms with Crippen LogP contribution in [0.5, 0.6) is 5.75 Å². The van der Waals surface area contributed by atoms with E-state index >= 15 is 0 Å². The molecule has 0 spiro atoms. The van der Waals surface area contributed by atoms with Gasteiger partial charge in [0.25, 0.3) is 5.91 Å². The van der Waals surface area contributed by atoms with Crippen molar-refractivity contribution in [1.82, 2.24) is 24.3 Å². The number of nitrogens with zero attached hydrogens (tertiary/aromatic N) is 5. The van der Waals surface area contributed by atoms with Crippen molar-refractivity contribution in [2.45, 2.75) is 32.4 Å². The topological polar surface area (TPSA) is 129 Å². The molecule has 194 valence electrons. The average Bonchev–Trinajstić information content (AvgIpc) is 3.53. The van der Waals surface area contributed by atoms with Gasteiger partial charge in [-0.25, -0.2) is 14.6 Å². The number of nitrogens with one attached hydrogen (secondary N) is 1.